The number of hydrogen-bond acceptors (Lipinski definition) is 4. The van der Waals surface area contributed by atoms with Crippen molar-refractivity contribution < 1.29 is 14.4 Å². The van der Waals surface area contributed by atoms with Crippen molar-refractivity contribution in [2.45, 2.75) is 33.2 Å². The number of amides is 3. The fraction of sp³-hybridized carbons (Fsp3) is 0.522. The van der Waals surface area contributed by atoms with E-state index in [0.29, 0.717) is 32.7 Å². The molecule has 1 atom stereocenters. The maximum atomic E-state index is 13.0. The number of carbonyl (C=O) groups excluding carboxylic acids is 3. The molecule has 1 fully saturated rings. The smallest absolute Gasteiger partial charge is 0.236 e. The molecule has 3 amide bonds. The number of nitrogens with zero attached hydrogens (tertiary/aromatic N) is 4. The summed E-state index contributed by atoms with van der Waals surface area (Å²) in [5, 5.41) is 0. The summed E-state index contributed by atoms with van der Waals surface area (Å²) in [5.41, 5.74) is 2.06. The maximum absolute atomic E-state index is 13.0. The van der Waals surface area contributed by atoms with Gasteiger partial charge in [-0.3, -0.25) is 19.3 Å². The molecule has 0 radical (unpaired) electrons. The second-order valence-corrected chi connectivity index (χ2v) is 7.81. The standard InChI is InChI=1S/C23H32N4O3/c1-4-25(5-2)23(30)17-24-12-14-26(15-13-24)22(29)16-21-20-9-7-6-8-19(20)10-11-27(21)18(3)28/h6-11,21H,4-5,12-17H2,1-3H3. The average Bonchev–Trinajstić information content (AvgIpc) is 2.75. The van der Waals surface area contributed by atoms with Crippen LogP contribution in [0.5, 0.6) is 0 Å². The maximum Gasteiger partial charge on any atom is 0.236 e. The van der Waals surface area contributed by atoms with Crippen LogP contribution in [-0.2, 0) is 14.4 Å². The molecule has 0 N–H and O–H groups in total. The second kappa shape index (κ2) is 9.89. The average molecular weight is 413 g/mol. The van der Waals surface area contributed by atoms with Crippen LogP contribution in [0, 0.1) is 0 Å². The van der Waals surface area contributed by atoms with Crippen LogP contribution in [0.4, 0.5) is 0 Å². The van der Waals surface area contributed by atoms with Crippen molar-refractivity contribution >= 4 is 23.8 Å². The predicted molar refractivity (Wildman–Crippen MR) is 116 cm³/mol. The zero-order valence-corrected chi connectivity index (χ0v) is 18.2. The zero-order chi connectivity index (χ0) is 21.7. The lowest BCUT2D eigenvalue weighted by molar-refractivity contribution is -0.136. The van der Waals surface area contributed by atoms with Crippen LogP contribution in [0.15, 0.2) is 30.5 Å². The van der Waals surface area contributed by atoms with Crippen LogP contribution < -0.4 is 0 Å². The first-order valence-electron chi connectivity index (χ1n) is 10.8. The molecule has 1 unspecified atom stereocenters. The van der Waals surface area contributed by atoms with Gasteiger partial charge in [0.15, 0.2) is 0 Å². The van der Waals surface area contributed by atoms with Crippen LogP contribution in [0.3, 0.4) is 0 Å². The van der Waals surface area contributed by atoms with E-state index in [-0.39, 0.29) is 30.2 Å². The Morgan fingerprint density at radius 1 is 1.03 bits per heavy atom. The summed E-state index contributed by atoms with van der Waals surface area (Å²) in [6.45, 7) is 9.94. The number of benzene rings is 1. The van der Waals surface area contributed by atoms with Gasteiger partial charge in [0, 0.05) is 52.4 Å². The summed E-state index contributed by atoms with van der Waals surface area (Å²) < 4.78 is 0. The quantitative estimate of drug-likeness (QED) is 0.717. The Kier molecular flexibility index (Phi) is 7.26. The van der Waals surface area contributed by atoms with Crippen molar-refractivity contribution in [2.75, 3.05) is 45.8 Å². The number of rotatable bonds is 6. The first-order chi connectivity index (χ1) is 14.4. The molecule has 30 heavy (non-hydrogen) atoms. The summed E-state index contributed by atoms with van der Waals surface area (Å²) >= 11 is 0. The zero-order valence-electron chi connectivity index (χ0n) is 18.2. The van der Waals surface area contributed by atoms with Gasteiger partial charge < -0.3 is 14.7 Å². The molecule has 1 aromatic carbocycles. The Morgan fingerprint density at radius 3 is 2.33 bits per heavy atom. The third kappa shape index (κ3) is 4.90. The SMILES string of the molecule is CCN(CC)C(=O)CN1CCN(C(=O)CC2c3ccccc3C=CN2C(C)=O)CC1. The van der Waals surface area contributed by atoms with Gasteiger partial charge in [-0.05, 0) is 31.1 Å². The summed E-state index contributed by atoms with van der Waals surface area (Å²) in [7, 11) is 0. The van der Waals surface area contributed by atoms with Crippen LogP contribution in [0.1, 0.15) is 44.4 Å². The lowest BCUT2D eigenvalue weighted by atomic mass is 9.93. The summed E-state index contributed by atoms with van der Waals surface area (Å²) in [6, 6.07) is 7.62. The topological polar surface area (TPSA) is 64.2 Å². The second-order valence-electron chi connectivity index (χ2n) is 7.81. The van der Waals surface area contributed by atoms with Gasteiger partial charge in [0.2, 0.25) is 17.7 Å². The Bertz CT molecular complexity index is 810. The summed E-state index contributed by atoms with van der Waals surface area (Å²) in [4.78, 5) is 45.0. The molecule has 7 heteroatoms. The Balaban J connectivity index is 1.59. The number of carbonyl (C=O) groups is 3. The molecule has 2 heterocycles. The van der Waals surface area contributed by atoms with E-state index in [1.54, 1.807) is 11.1 Å². The number of fused-ring (bicyclic) bond motifs is 1. The molecule has 162 valence electrons. The van der Waals surface area contributed by atoms with Gasteiger partial charge in [-0.25, -0.2) is 0 Å². The van der Waals surface area contributed by atoms with Gasteiger partial charge in [-0.2, -0.15) is 0 Å². The normalized spacial score (nSPS) is 18.8. The van der Waals surface area contributed by atoms with Gasteiger partial charge >= 0.3 is 0 Å². The first-order valence-corrected chi connectivity index (χ1v) is 10.8. The van der Waals surface area contributed by atoms with Gasteiger partial charge in [-0.1, -0.05) is 24.3 Å². The summed E-state index contributed by atoms with van der Waals surface area (Å²) in [5.74, 6) is 0.117. The molecule has 1 saturated heterocycles. The van der Waals surface area contributed by atoms with Crippen LogP contribution >= 0.6 is 0 Å². The largest absolute Gasteiger partial charge is 0.342 e. The van der Waals surface area contributed by atoms with Crippen molar-refractivity contribution in [1.29, 1.82) is 0 Å². The molecule has 0 spiro atoms. The molecule has 0 aliphatic carbocycles. The Labute approximate surface area is 178 Å². The minimum Gasteiger partial charge on any atom is -0.342 e. The monoisotopic (exact) mass is 412 g/mol. The highest BCUT2D eigenvalue weighted by Gasteiger charge is 2.31. The van der Waals surface area contributed by atoms with E-state index in [1.165, 1.54) is 6.92 Å². The van der Waals surface area contributed by atoms with Gasteiger partial charge in [0.1, 0.15) is 0 Å². The van der Waals surface area contributed by atoms with E-state index in [4.69, 9.17) is 0 Å². The van der Waals surface area contributed by atoms with Crippen LogP contribution in [-0.4, -0.2) is 83.1 Å². The summed E-state index contributed by atoms with van der Waals surface area (Å²) in [6.07, 6.45) is 3.96. The fourth-order valence-electron chi connectivity index (χ4n) is 4.23. The molecule has 2 aliphatic rings. The highest BCUT2D eigenvalue weighted by Crippen LogP contribution is 2.33. The van der Waals surface area contributed by atoms with Crippen molar-refractivity contribution in [2.24, 2.45) is 0 Å². The third-order valence-electron chi connectivity index (χ3n) is 6.04. The highest BCUT2D eigenvalue weighted by molar-refractivity contribution is 5.82. The molecule has 3 rings (SSSR count). The van der Waals surface area contributed by atoms with Gasteiger partial charge in [0.25, 0.3) is 0 Å². The van der Waals surface area contributed by atoms with E-state index in [1.807, 2.05) is 54.0 Å². The molecule has 0 bridgehead atoms. The van der Waals surface area contributed by atoms with E-state index >= 15 is 0 Å². The fourth-order valence-corrected chi connectivity index (χ4v) is 4.23. The number of piperazine rings is 1. The molecule has 0 aromatic heterocycles. The molecule has 7 nitrogen and oxygen atoms in total. The van der Waals surface area contributed by atoms with E-state index < -0.39 is 0 Å². The Morgan fingerprint density at radius 2 is 1.70 bits per heavy atom. The van der Waals surface area contributed by atoms with E-state index in [9.17, 15) is 14.4 Å². The molecule has 0 saturated carbocycles. The number of likely N-dealkylation sites (N-methyl/N-ethyl adjacent to an activating group) is 1. The highest BCUT2D eigenvalue weighted by atomic mass is 16.2. The van der Waals surface area contributed by atoms with Crippen molar-refractivity contribution in [1.82, 2.24) is 19.6 Å². The van der Waals surface area contributed by atoms with Crippen LogP contribution in [0.25, 0.3) is 6.08 Å². The Hall–Kier alpha value is -2.67. The van der Waals surface area contributed by atoms with Crippen molar-refractivity contribution in [3.63, 3.8) is 0 Å². The van der Waals surface area contributed by atoms with Crippen LogP contribution in [0.2, 0.25) is 0 Å². The molecule has 1 aromatic rings. The molecular formula is C23H32N4O3. The van der Waals surface area contributed by atoms with Crippen molar-refractivity contribution in [3.05, 3.63) is 41.6 Å². The van der Waals surface area contributed by atoms with E-state index in [2.05, 4.69) is 4.90 Å². The van der Waals surface area contributed by atoms with Gasteiger partial charge in [0.05, 0.1) is 19.0 Å². The predicted octanol–water partition coefficient (Wildman–Crippen LogP) is 1.96. The van der Waals surface area contributed by atoms with E-state index in [0.717, 1.165) is 24.2 Å². The molecular weight excluding hydrogens is 380 g/mol. The lowest BCUT2D eigenvalue weighted by Crippen LogP contribution is -2.52. The lowest BCUT2D eigenvalue weighted by Gasteiger charge is -2.37. The van der Waals surface area contributed by atoms with Gasteiger partial charge in [-0.15, -0.1) is 0 Å². The third-order valence-corrected chi connectivity index (χ3v) is 6.04. The number of hydrogen-bond donors (Lipinski definition) is 0. The van der Waals surface area contributed by atoms with Crippen molar-refractivity contribution in [3.8, 4) is 0 Å². The molecule has 2 aliphatic heterocycles. The first kappa shape index (κ1) is 22.0. The minimum atomic E-state index is -0.279. The minimum absolute atomic E-state index is 0.0473.